The first-order chi connectivity index (χ1) is 8.67. The van der Waals surface area contributed by atoms with Crippen LogP contribution in [0.4, 0.5) is 0 Å². The third-order valence-electron chi connectivity index (χ3n) is 2.67. The summed E-state index contributed by atoms with van der Waals surface area (Å²) >= 11 is 1.58. The van der Waals surface area contributed by atoms with E-state index in [0.717, 1.165) is 29.8 Å². The predicted octanol–water partition coefficient (Wildman–Crippen LogP) is 2.54. The highest BCUT2D eigenvalue weighted by atomic mass is 32.2. The van der Waals surface area contributed by atoms with Gasteiger partial charge >= 0.3 is 0 Å². The van der Waals surface area contributed by atoms with Crippen LogP contribution in [0.25, 0.3) is 0 Å². The van der Waals surface area contributed by atoms with E-state index in [4.69, 9.17) is 5.73 Å². The summed E-state index contributed by atoms with van der Waals surface area (Å²) in [4.78, 5) is 12.9. The van der Waals surface area contributed by atoms with Gasteiger partial charge in [-0.25, -0.2) is 0 Å². The van der Waals surface area contributed by atoms with Crippen molar-refractivity contribution in [2.45, 2.75) is 43.4 Å². The Kier molecular flexibility index (Phi) is 6.83. The van der Waals surface area contributed by atoms with Crippen LogP contribution in [-0.4, -0.2) is 17.7 Å². The molecule has 0 aliphatic carbocycles. The molecule has 0 spiro atoms. The number of unbranched alkanes of at least 4 members (excludes halogenated alkanes) is 1. The fraction of sp³-hybridized carbons (Fsp3) is 0.500. The number of carbonyl (C=O) groups excluding carboxylic acids is 1. The van der Waals surface area contributed by atoms with Gasteiger partial charge in [-0.2, -0.15) is 0 Å². The van der Waals surface area contributed by atoms with Crippen LogP contribution in [0.5, 0.6) is 0 Å². The largest absolute Gasteiger partial charge is 0.355 e. The minimum atomic E-state index is -0.0643. The van der Waals surface area contributed by atoms with Gasteiger partial charge in [0.15, 0.2) is 0 Å². The minimum Gasteiger partial charge on any atom is -0.355 e. The quantitative estimate of drug-likeness (QED) is 0.589. The number of rotatable bonds is 7. The maximum atomic E-state index is 11.8. The second-order valence-corrected chi connectivity index (χ2v) is 5.67. The van der Waals surface area contributed by atoms with Crippen molar-refractivity contribution in [2.24, 2.45) is 5.73 Å². The molecule has 3 N–H and O–H groups in total. The zero-order chi connectivity index (χ0) is 13.4. The molecule has 18 heavy (non-hydrogen) atoms. The lowest BCUT2D eigenvalue weighted by Gasteiger charge is -2.12. The Labute approximate surface area is 114 Å². The van der Waals surface area contributed by atoms with E-state index in [1.54, 1.807) is 11.8 Å². The lowest BCUT2D eigenvalue weighted by atomic mass is 10.2. The van der Waals surface area contributed by atoms with E-state index in [2.05, 4.69) is 12.2 Å². The summed E-state index contributed by atoms with van der Waals surface area (Å²) in [6.45, 7) is 5.37. The molecule has 0 fully saturated rings. The van der Waals surface area contributed by atoms with Crippen molar-refractivity contribution in [3.8, 4) is 0 Å². The van der Waals surface area contributed by atoms with E-state index in [0.29, 0.717) is 6.54 Å². The molecule has 0 radical (unpaired) electrons. The fourth-order valence-electron chi connectivity index (χ4n) is 1.49. The van der Waals surface area contributed by atoms with Crippen LogP contribution in [0.1, 0.15) is 32.3 Å². The van der Waals surface area contributed by atoms with Gasteiger partial charge in [0.05, 0.1) is 5.25 Å². The highest BCUT2D eigenvalue weighted by molar-refractivity contribution is 8.00. The fourth-order valence-corrected chi connectivity index (χ4v) is 2.39. The Morgan fingerprint density at radius 1 is 1.39 bits per heavy atom. The van der Waals surface area contributed by atoms with E-state index < -0.39 is 0 Å². The van der Waals surface area contributed by atoms with E-state index in [1.807, 2.05) is 31.2 Å². The average molecular weight is 266 g/mol. The topological polar surface area (TPSA) is 55.1 Å². The number of nitrogens with one attached hydrogen (secondary N) is 1. The molecule has 3 nitrogen and oxygen atoms in total. The first-order valence-electron chi connectivity index (χ1n) is 6.40. The molecular weight excluding hydrogens is 244 g/mol. The average Bonchev–Trinajstić information content (AvgIpc) is 2.39. The second kappa shape index (κ2) is 8.16. The van der Waals surface area contributed by atoms with Crippen molar-refractivity contribution in [1.82, 2.24) is 5.32 Å². The van der Waals surface area contributed by atoms with Gasteiger partial charge in [0.25, 0.3) is 0 Å². The number of thioether (sulfide) groups is 1. The molecular formula is C14H22N2OS. The van der Waals surface area contributed by atoms with Crippen molar-refractivity contribution in [1.29, 1.82) is 0 Å². The third kappa shape index (κ3) is 5.10. The van der Waals surface area contributed by atoms with E-state index in [-0.39, 0.29) is 11.2 Å². The van der Waals surface area contributed by atoms with Gasteiger partial charge in [0.1, 0.15) is 0 Å². The summed E-state index contributed by atoms with van der Waals surface area (Å²) in [5.74, 6) is 0.108. The number of hydrogen-bond acceptors (Lipinski definition) is 3. The highest BCUT2D eigenvalue weighted by Crippen LogP contribution is 2.23. The van der Waals surface area contributed by atoms with Crippen LogP contribution in [0.2, 0.25) is 0 Å². The Hall–Kier alpha value is -1.00. The molecule has 0 bridgehead atoms. The Bertz CT molecular complexity index is 365. The third-order valence-corrected chi connectivity index (χ3v) is 3.78. The normalized spacial score (nSPS) is 12.2. The predicted molar refractivity (Wildman–Crippen MR) is 77.6 cm³/mol. The van der Waals surface area contributed by atoms with Crippen LogP contribution in [0.15, 0.2) is 29.2 Å². The first-order valence-corrected chi connectivity index (χ1v) is 7.28. The van der Waals surface area contributed by atoms with Gasteiger partial charge in [-0.3, -0.25) is 4.79 Å². The molecule has 1 unspecified atom stereocenters. The highest BCUT2D eigenvalue weighted by Gasteiger charge is 2.13. The van der Waals surface area contributed by atoms with Crippen LogP contribution in [-0.2, 0) is 11.3 Å². The van der Waals surface area contributed by atoms with E-state index in [1.165, 1.54) is 0 Å². The molecule has 4 heteroatoms. The lowest BCUT2D eigenvalue weighted by molar-refractivity contribution is -0.120. The van der Waals surface area contributed by atoms with Crippen molar-refractivity contribution in [2.75, 3.05) is 6.54 Å². The Balaban J connectivity index is 2.42. The maximum Gasteiger partial charge on any atom is 0.233 e. The van der Waals surface area contributed by atoms with Gasteiger partial charge in [0.2, 0.25) is 5.91 Å². The smallest absolute Gasteiger partial charge is 0.233 e. The van der Waals surface area contributed by atoms with Gasteiger partial charge in [-0.1, -0.05) is 25.5 Å². The van der Waals surface area contributed by atoms with Crippen molar-refractivity contribution in [3.05, 3.63) is 29.8 Å². The maximum absolute atomic E-state index is 11.8. The van der Waals surface area contributed by atoms with Gasteiger partial charge in [-0.15, -0.1) is 11.8 Å². The molecule has 0 aromatic heterocycles. The van der Waals surface area contributed by atoms with Crippen LogP contribution < -0.4 is 11.1 Å². The van der Waals surface area contributed by atoms with Crippen molar-refractivity contribution < 1.29 is 4.79 Å². The summed E-state index contributed by atoms with van der Waals surface area (Å²) in [5, 5.41) is 2.88. The van der Waals surface area contributed by atoms with Gasteiger partial charge in [-0.05, 0) is 31.0 Å². The Morgan fingerprint density at radius 2 is 2.06 bits per heavy atom. The number of carbonyl (C=O) groups is 1. The molecule has 1 aromatic carbocycles. The molecule has 100 valence electrons. The van der Waals surface area contributed by atoms with E-state index in [9.17, 15) is 4.79 Å². The van der Waals surface area contributed by atoms with Crippen LogP contribution in [0, 0.1) is 0 Å². The molecule has 1 rings (SSSR count). The summed E-state index contributed by atoms with van der Waals surface area (Å²) < 4.78 is 0. The molecule has 1 aromatic rings. The first kappa shape index (κ1) is 15.1. The Morgan fingerprint density at radius 3 is 2.61 bits per heavy atom. The molecule has 0 heterocycles. The number of nitrogens with two attached hydrogens (primary N) is 1. The summed E-state index contributed by atoms with van der Waals surface area (Å²) in [6.07, 6.45) is 2.14. The minimum absolute atomic E-state index is 0.0643. The monoisotopic (exact) mass is 266 g/mol. The standard InChI is InChI=1S/C14H22N2OS/c1-3-4-9-16-14(17)11(2)18-13-7-5-12(10-15)6-8-13/h5-8,11H,3-4,9-10,15H2,1-2H3,(H,16,17). The molecule has 0 aliphatic rings. The van der Waals surface area contributed by atoms with Gasteiger partial charge < -0.3 is 11.1 Å². The molecule has 0 saturated carbocycles. The zero-order valence-electron chi connectivity index (χ0n) is 11.1. The molecule has 1 amide bonds. The SMILES string of the molecule is CCCCNC(=O)C(C)Sc1ccc(CN)cc1. The number of amides is 1. The van der Waals surface area contributed by atoms with Crippen molar-refractivity contribution >= 4 is 17.7 Å². The second-order valence-electron chi connectivity index (χ2n) is 4.25. The summed E-state index contributed by atoms with van der Waals surface area (Å²) in [6, 6.07) is 8.04. The molecule has 0 saturated heterocycles. The number of hydrogen-bond donors (Lipinski definition) is 2. The number of benzene rings is 1. The van der Waals surface area contributed by atoms with Gasteiger partial charge in [0, 0.05) is 18.0 Å². The molecule has 0 aliphatic heterocycles. The summed E-state index contributed by atoms with van der Waals surface area (Å²) in [7, 11) is 0. The van der Waals surface area contributed by atoms with Crippen molar-refractivity contribution in [3.63, 3.8) is 0 Å². The summed E-state index contributed by atoms with van der Waals surface area (Å²) in [5.41, 5.74) is 6.66. The molecule has 1 atom stereocenters. The van der Waals surface area contributed by atoms with E-state index >= 15 is 0 Å². The zero-order valence-corrected chi connectivity index (χ0v) is 11.9. The van der Waals surface area contributed by atoms with Crippen LogP contribution in [0.3, 0.4) is 0 Å². The lowest BCUT2D eigenvalue weighted by Crippen LogP contribution is -2.31. The van der Waals surface area contributed by atoms with Crippen LogP contribution >= 0.6 is 11.8 Å².